The molecule has 0 atom stereocenters. The van der Waals surface area contributed by atoms with E-state index < -0.39 is 0 Å². The smallest absolute Gasteiger partial charge is 0.127 e. The molecule has 0 saturated carbocycles. The van der Waals surface area contributed by atoms with Crippen LogP contribution >= 0.6 is 0 Å². The van der Waals surface area contributed by atoms with E-state index in [0.29, 0.717) is 6.54 Å². The predicted octanol–water partition coefficient (Wildman–Crippen LogP) is 4.63. The van der Waals surface area contributed by atoms with Crippen LogP contribution in [0.4, 0.5) is 11.4 Å². The van der Waals surface area contributed by atoms with Crippen molar-refractivity contribution in [3.63, 3.8) is 0 Å². The maximum Gasteiger partial charge on any atom is 0.127 e. The number of amidine groups is 1. The molecule has 1 aliphatic heterocycles. The van der Waals surface area contributed by atoms with Crippen LogP contribution in [0.15, 0.2) is 77.8 Å². The molecule has 0 bridgehead atoms. The molecule has 0 spiro atoms. The number of nitrogens with zero attached hydrogens (tertiary/aromatic N) is 1. The van der Waals surface area contributed by atoms with E-state index in [1.165, 1.54) is 5.56 Å². The second-order valence-electron chi connectivity index (χ2n) is 6.04. The van der Waals surface area contributed by atoms with Gasteiger partial charge >= 0.3 is 0 Å². The largest absolute Gasteiger partial charge is 0.457 e. The number of benzene rings is 3. The number of para-hydroxylation sites is 1. The summed E-state index contributed by atoms with van der Waals surface area (Å²) in [6.07, 6.45) is 0.815. The fraction of sp³-hybridized carbons (Fsp3) is 0.0952. The van der Waals surface area contributed by atoms with E-state index in [-0.39, 0.29) is 0 Å². The number of fused-ring (bicyclic) bond motifs is 1. The lowest BCUT2D eigenvalue weighted by Crippen LogP contribution is -2.06. The van der Waals surface area contributed by atoms with Crippen LogP contribution in [0, 0.1) is 0 Å². The minimum atomic E-state index is 0.609. The molecule has 3 aromatic rings. The highest BCUT2D eigenvalue weighted by molar-refractivity contribution is 6.03. The molecule has 3 aromatic carbocycles. The van der Waals surface area contributed by atoms with Crippen molar-refractivity contribution in [1.82, 2.24) is 0 Å². The van der Waals surface area contributed by atoms with E-state index in [4.69, 9.17) is 15.5 Å². The molecule has 4 rings (SSSR count). The lowest BCUT2D eigenvalue weighted by Gasteiger charge is -2.07. The molecule has 0 unspecified atom stereocenters. The van der Waals surface area contributed by atoms with Gasteiger partial charge in [0.1, 0.15) is 17.3 Å². The summed E-state index contributed by atoms with van der Waals surface area (Å²) in [5.74, 6) is 2.62. The zero-order valence-corrected chi connectivity index (χ0v) is 13.8. The van der Waals surface area contributed by atoms with Crippen molar-refractivity contribution in [2.24, 2.45) is 4.99 Å². The first-order valence-electron chi connectivity index (χ1n) is 8.27. The van der Waals surface area contributed by atoms with Crippen molar-refractivity contribution < 1.29 is 4.74 Å². The van der Waals surface area contributed by atoms with Crippen LogP contribution in [-0.2, 0) is 13.0 Å². The topological polar surface area (TPSA) is 59.6 Å². The Hall–Kier alpha value is -3.27. The SMILES string of the molecule is Nc1ccc2c(c1)NC(=NCc1cccc(Oc3ccccc3)c1)C2. The average molecular weight is 329 g/mol. The van der Waals surface area contributed by atoms with Crippen molar-refractivity contribution in [2.45, 2.75) is 13.0 Å². The van der Waals surface area contributed by atoms with Crippen LogP contribution in [-0.4, -0.2) is 5.84 Å². The summed E-state index contributed by atoms with van der Waals surface area (Å²) in [4.78, 5) is 4.70. The van der Waals surface area contributed by atoms with E-state index in [1.54, 1.807) is 0 Å². The van der Waals surface area contributed by atoms with Gasteiger partial charge in [-0.15, -0.1) is 0 Å². The van der Waals surface area contributed by atoms with E-state index in [1.807, 2.05) is 60.7 Å². The Morgan fingerprint density at radius 1 is 0.920 bits per heavy atom. The molecule has 124 valence electrons. The molecule has 1 aliphatic rings. The Morgan fingerprint density at radius 3 is 2.64 bits per heavy atom. The number of hydrogen-bond donors (Lipinski definition) is 2. The van der Waals surface area contributed by atoms with Crippen molar-refractivity contribution in [1.29, 1.82) is 0 Å². The molecule has 4 heteroatoms. The molecular weight excluding hydrogens is 310 g/mol. The fourth-order valence-corrected chi connectivity index (χ4v) is 2.86. The number of aliphatic imine (C=N–C) groups is 1. The fourth-order valence-electron chi connectivity index (χ4n) is 2.86. The Balaban J connectivity index is 1.44. The van der Waals surface area contributed by atoms with Gasteiger partial charge in [0.05, 0.1) is 6.54 Å². The zero-order valence-electron chi connectivity index (χ0n) is 13.8. The Bertz CT molecular complexity index is 919. The number of hydrogen-bond acceptors (Lipinski definition) is 3. The first-order valence-corrected chi connectivity index (χ1v) is 8.27. The molecule has 3 N–H and O–H groups in total. The van der Waals surface area contributed by atoms with Gasteiger partial charge in [-0.2, -0.15) is 0 Å². The second kappa shape index (κ2) is 6.69. The lowest BCUT2D eigenvalue weighted by atomic mass is 10.1. The van der Waals surface area contributed by atoms with E-state index in [2.05, 4.69) is 17.4 Å². The molecule has 0 fully saturated rings. The Kier molecular flexibility index (Phi) is 4.09. The monoisotopic (exact) mass is 329 g/mol. The van der Waals surface area contributed by atoms with Crippen molar-refractivity contribution in [3.8, 4) is 11.5 Å². The minimum Gasteiger partial charge on any atom is -0.457 e. The third-order valence-corrected chi connectivity index (χ3v) is 4.10. The van der Waals surface area contributed by atoms with E-state index in [9.17, 15) is 0 Å². The molecule has 4 nitrogen and oxygen atoms in total. The minimum absolute atomic E-state index is 0.609. The van der Waals surface area contributed by atoms with Gasteiger partial charge < -0.3 is 15.8 Å². The highest BCUT2D eigenvalue weighted by Crippen LogP contribution is 2.26. The summed E-state index contributed by atoms with van der Waals surface area (Å²) >= 11 is 0. The van der Waals surface area contributed by atoms with Gasteiger partial charge in [0.15, 0.2) is 0 Å². The number of nitrogen functional groups attached to an aromatic ring is 1. The number of rotatable bonds is 4. The molecule has 0 aliphatic carbocycles. The second-order valence-corrected chi connectivity index (χ2v) is 6.04. The van der Waals surface area contributed by atoms with Gasteiger partial charge in [-0.1, -0.05) is 36.4 Å². The van der Waals surface area contributed by atoms with Crippen LogP contribution in [0.3, 0.4) is 0 Å². The molecule has 0 amide bonds. The summed E-state index contributed by atoms with van der Waals surface area (Å²) in [7, 11) is 0. The van der Waals surface area contributed by atoms with Gasteiger partial charge in [-0.25, -0.2) is 0 Å². The van der Waals surface area contributed by atoms with Crippen LogP contribution < -0.4 is 15.8 Å². The number of ether oxygens (including phenoxy) is 1. The summed E-state index contributed by atoms with van der Waals surface area (Å²) < 4.78 is 5.88. The number of anilines is 2. The predicted molar refractivity (Wildman–Crippen MR) is 102 cm³/mol. The van der Waals surface area contributed by atoms with Crippen molar-refractivity contribution >= 4 is 17.2 Å². The summed E-state index contributed by atoms with van der Waals surface area (Å²) in [5, 5.41) is 3.34. The van der Waals surface area contributed by atoms with Crippen molar-refractivity contribution in [2.75, 3.05) is 11.1 Å². The molecule has 0 aromatic heterocycles. The van der Waals surface area contributed by atoms with E-state index in [0.717, 1.165) is 40.7 Å². The number of nitrogens with two attached hydrogens (primary N) is 1. The summed E-state index contributed by atoms with van der Waals surface area (Å²) in [6.45, 7) is 0.609. The summed E-state index contributed by atoms with van der Waals surface area (Å²) in [6, 6.07) is 23.7. The van der Waals surface area contributed by atoms with E-state index >= 15 is 0 Å². The normalized spacial score (nSPS) is 14.2. The molecule has 0 radical (unpaired) electrons. The first-order chi connectivity index (χ1) is 12.3. The lowest BCUT2D eigenvalue weighted by molar-refractivity contribution is 0.482. The molecule has 25 heavy (non-hydrogen) atoms. The third-order valence-electron chi connectivity index (χ3n) is 4.10. The van der Waals surface area contributed by atoms with Gasteiger partial charge in [-0.05, 0) is 47.5 Å². The van der Waals surface area contributed by atoms with Gasteiger partial charge in [-0.3, -0.25) is 4.99 Å². The maximum atomic E-state index is 5.88. The highest BCUT2D eigenvalue weighted by Gasteiger charge is 2.15. The average Bonchev–Trinajstić information content (AvgIpc) is 3.03. The van der Waals surface area contributed by atoms with Gasteiger partial charge in [0, 0.05) is 17.8 Å². The highest BCUT2D eigenvalue weighted by atomic mass is 16.5. The Labute approximate surface area is 147 Å². The van der Waals surface area contributed by atoms with Crippen LogP contribution in [0.1, 0.15) is 11.1 Å². The first kappa shape index (κ1) is 15.3. The molecule has 1 heterocycles. The quantitative estimate of drug-likeness (QED) is 0.686. The van der Waals surface area contributed by atoms with Crippen LogP contribution in [0.25, 0.3) is 0 Å². The molecule has 0 saturated heterocycles. The van der Waals surface area contributed by atoms with Crippen LogP contribution in [0.2, 0.25) is 0 Å². The third kappa shape index (κ3) is 3.63. The summed E-state index contributed by atoms with van der Waals surface area (Å²) in [5.41, 5.74) is 9.99. The Morgan fingerprint density at radius 2 is 1.76 bits per heavy atom. The zero-order chi connectivity index (χ0) is 17.1. The van der Waals surface area contributed by atoms with Crippen LogP contribution in [0.5, 0.6) is 11.5 Å². The van der Waals surface area contributed by atoms with Crippen molar-refractivity contribution in [3.05, 3.63) is 83.9 Å². The standard InChI is InChI=1S/C21H19N3O/c22-17-10-9-16-12-21(24-20(16)13-17)23-14-15-5-4-8-19(11-15)25-18-6-2-1-3-7-18/h1-11,13H,12,14,22H2,(H,23,24). The maximum absolute atomic E-state index is 5.88. The molecular formula is C21H19N3O. The number of nitrogens with one attached hydrogen (secondary N) is 1. The van der Waals surface area contributed by atoms with Gasteiger partial charge in [0.25, 0.3) is 0 Å². The van der Waals surface area contributed by atoms with Gasteiger partial charge in [0.2, 0.25) is 0 Å².